The van der Waals surface area contributed by atoms with Gasteiger partial charge in [0.15, 0.2) is 0 Å². The summed E-state index contributed by atoms with van der Waals surface area (Å²) in [5.41, 5.74) is 1.86. The molecule has 0 saturated carbocycles. The van der Waals surface area contributed by atoms with E-state index in [1.54, 1.807) is 6.07 Å². The summed E-state index contributed by atoms with van der Waals surface area (Å²) in [6.07, 6.45) is 1.77. The molecule has 146 valence electrons. The number of aromatic nitrogens is 1. The Morgan fingerprint density at radius 2 is 1.86 bits per heavy atom. The lowest BCUT2D eigenvalue weighted by Gasteiger charge is -2.36. The molecule has 0 amide bonds. The highest BCUT2D eigenvalue weighted by atomic mass is 35.5. The van der Waals surface area contributed by atoms with Crippen molar-refractivity contribution in [3.8, 4) is 0 Å². The summed E-state index contributed by atoms with van der Waals surface area (Å²) < 4.78 is 13.3. The van der Waals surface area contributed by atoms with Crippen LogP contribution in [0.4, 0.5) is 10.1 Å². The second-order valence-corrected chi connectivity index (χ2v) is 7.70. The van der Waals surface area contributed by atoms with Gasteiger partial charge in [0.2, 0.25) is 0 Å². The molecule has 1 aliphatic rings. The Hall–Kier alpha value is -2.37. The molecule has 0 unspecified atom stereocenters. The average Bonchev–Trinajstić information content (AvgIpc) is 2.69. The zero-order chi connectivity index (χ0) is 19.5. The molecule has 4 rings (SSSR count). The number of benzene rings is 2. The van der Waals surface area contributed by atoms with Gasteiger partial charge in [0.05, 0.1) is 0 Å². The average molecular weight is 400 g/mol. The van der Waals surface area contributed by atoms with E-state index in [1.807, 2.05) is 24.3 Å². The third kappa shape index (κ3) is 4.37. The molecule has 28 heavy (non-hydrogen) atoms. The maximum atomic E-state index is 13.3. The third-order valence-corrected chi connectivity index (χ3v) is 5.56. The number of nitrogens with one attached hydrogen (secondary N) is 1. The minimum atomic E-state index is -0.386. The van der Waals surface area contributed by atoms with E-state index in [-0.39, 0.29) is 11.4 Å². The zero-order valence-electron chi connectivity index (χ0n) is 15.6. The van der Waals surface area contributed by atoms with Crippen molar-refractivity contribution in [2.24, 2.45) is 0 Å². The van der Waals surface area contributed by atoms with E-state index >= 15 is 0 Å². The second kappa shape index (κ2) is 8.33. The molecule has 1 saturated heterocycles. The third-order valence-electron chi connectivity index (χ3n) is 5.33. The first-order chi connectivity index (χ1) is 13.6. The van der Waals surface area contributed by atoms with Crippen LogP contribution in [0.1, 0.15) is 12.1 Å². The summed E-state index contributed by atoms with van der Waals surface area (Å²) in [5.74, 6) is -0.386. The summed E-state index contributed by atoms with van der Waals surface area (Å²) in [4.78, 5) is 19.9. The van der Waals surface area contributed by atoms with Crippen molar-refractivity contribution in [1.29, 1.82) is 0 Å². The topological polar surface area (TPSA) is 39.3 Å². The summed E-state index contributed by atoms with van der Waals surface area (Å²) in [6, 6.07) is 14.3. The van der Waals surface area contributed by atoms with Crippen molar-refractivity contribution in [1.82, 2.24) is 9.88 Å². The molecular weight excluding hydrogens is 377 g/mol. The summed E-state index contributed by atoms with van der Waals surface area (Å²) >= 11 is 6.09. The molecule has 4 nitrogen and oxygen atoms in total. The maximum Gasteiger partial charge on any atom is 0.256 e. The predicted octanol–water partition coefficient (Wildman–Crippen LogP) is 4.08. The summed E-state index contributed by atoms with van der Waals surface area (Å²) in [5, 5.41) is 1.96. The molecular formula is C22H23ClFN3O. The van der Waals surface area contributed by atoms with E-state index in [1.165, 1.54) is 17.8 Å². The molecule has 1 fully saturated rings. The number of anilines is 1. The smallest absolute Gasteiger partial charge is 0.256 e. The number of fused-ring (bicyclic) bond motifs is 1. The van der Waals surface area contributed by atoms with Crippen molar-refractivity contribution in [2.75, 3.05) is 37.6 Å². The fourth-order valence-corrected chi connectivity index (χ4v) is 4.00. The van der Waals surface area contributed by atoms with Crippen molar-refractivity contribution < 1.29 is 4.39 Å². The Kier molecular flexibility index (Phi) is 5.64. The first kappa shape index (κ1) is 19.0. The minimum Gasteiger partial charge on any atom is -0.369 e. The highest BCUT2D eigenvalue weighted by Crippen LogP contribution is 2.21. The van der Waals surface area contributed by atoms with Crippen LogP contribution in [0, 0.1) is 5.82 Å². The zero-order valence-corrected chi connectivity index (χ0v) is 16.4. The molecule has 1 aliphatic heterocycles. The number of H-pyrrole nitrogens is 1. The largest absolute Gasteiger partial charge is 0.369 e. The van der Waals surface area contributed by atoms with Crippen LogP contribution in [-0.4, -0.2) is 42.6 Å². The van der Waals surface area contributed by atoms with Gasteiger partial charge in [0, 0.05) is 48.0 Å². The molecule has 2 heterocycles. The van der Waals surface area contributed by atoms with Gasteiger partial charge < -0.3 is 9.88 Å². The van der Waals surface area contributed by atoms with Crippen LogP contribution in [-0.2, 0) is 6.42 Å². The fourth-order valence-electron chi connectivity index (χ4n) is 3.82. The normalized spacial score (nSPS) is 15.3. The number of aryl methyl sites for hydroxylation is 1. The quantitative estimate of drug-likeness (QED) is 0.702. The van der Waals surface area contributed by atoms with Gasteiger partial charge in [-0.3, -0.25) is 9.69 Å². The molecule has 0 radical (unpaired) electrons. The Morgan fingerprint density at radius 3 is 2.64 bits per heavy atom. The molecule has 0 spiro atoms. The molecule has 2 aromatic carbocycles. The minimum absolute atomic E-state index is 0.220. The van der Waals surface area contributed by atoms with E-state index in [2.05, 4.69) is 20.9 Å². The number of hydrogen-bond donors (Lipinski definition) is 1. The van der Waals surface area contributed by atoms with Crippen LogP contribution in [0.2, 0.25) is 5.02 Å². The van der Waals surface area contributed by atoms with Crippen molar-refractivity contribution >= 4 is 28.1 Å². The number of nitrogens with zero attached hydrogens (tertiary/aromatic N) is 2. The first-order valence-electron chi connectivity index (χ1n) is 9.63. The highest BCUT2D eigenvalue weighted by molar-refractivity contribution is 6.30. The highest BCUT2D eigenvalue weighted by Gasteiger charge is 2.17. The van der Waals surface area contributed by atoms with E-state index in [9.17, 15) is 9.18 Å². The van der Waals surface area contributed by atoms with E-state index in [4.69, 9.17) is 11.6 Å². The van der Waals surface area contributed by atoms with Crippen LogP contribution in [0.3, 0.4) is 0 Å². The van der Waals surface area contributed by atoms with Gasteiger partial charge in [-0.1, -0.05) is 23.7 Å². The Balaban J connectivity index is 1.30. The van der Waals surface area contributed by atoms with Gasteiger partial charge in [-0.15, -0.1) is 0 Å². The van der Waals surface area contributed by atoms with Gasteiger partial charge >= 0.3 is 0 Å². The fraction of sp³-hybridized carbons (Fsp3) is 0.318. The second-order valence-electron chi connectivity index (χ2n) is 7.27. The lowest BCUT2D eigenvalue weighted by molar-refractivity contribution is 0.255. The first-order valence-corrected chi connectivity index (χ1v) is 10.0. The standard InChI is InChI=1S/C22H23ClFN3O/c23-17-3-1-5-20(14-17)27-11-9-26(10-12-27)8-2-4-19-13-16-6-7-18(24)15-21(16)22(28)25-19/h1,3,5-7,13-15H,2,4,8-12H2,(H,25,28). The lowest BCUT2D eigenvalue weighted by Crippen LogP contribution is -2.46. The number of piperazine rings is 1. The number of rotatable bonds is 5. The Morgan fingerprint density at radius 1 is 1.04 bits per heavy atom. The maximum absolute atomic E-state index is 13.3. The van der Waals surface area contributed by atoms with E-state index in [0.29, 0.717) is 5.39 Å². The van der Waals surface area contributed by atoms with Gasteiger partial charge in [0.25, 0.3) is 5.56 Å². The van der Waals surface area contributed by atoms with Crippen molar-refractivity contribution in [2.45, 2.75) is 12.8 Å². The van der Waals surface area contributed by atoms with E-state index < -0.39 is 0 Å². The molecule has 0 aliphatic carbocycles. The van der Waals surface area contributed by atoms with Gasteiger partial charge in [0.1, 0.15) is 5.82 Å². The van der Waals surface area contributed by atoms with Crippen LogP contribution in [0.5, 0.6) is 0 Å². The lowest BCUT2D eigenvalue weighted by atomic mass is 10.1. The van der Waals surface area contributed by atoms with Crippen LogP contribution in [0.25, 0.3) is 10.8 Å². The monoisotopic (exact) mass is 399 g/mol. The molecule has 0 bridgehead atoms. The van der Waals surface area contributed by atoms with Crippen molar-refractivity contribution in [3.05, 3.63) is 75.4 Å². The number of halogens is 2. The Labute approximate surface area is 168 Å². The summed E-state index contributed by atoms with van der Waals surface area (Å²) in [6.45, 7) is 4.99. The van der Waals surface area contributed by atoms with Crippen molar-refractivity contribution in [3.63, 3.8) is 0 Å². The van der Waals surface area contributed by atoms with Gasteiger partial charge in [-0.25, -0.2) is 4.39 Å². The Bertz CT molecular complexity index is 1030. The summed E-state index contributed by atoms with van der Waals surface area (Å²) in [7, 11) is 0. The van der Waals surface area contributed by atoms with Crippen LogP contribution < -0.4 is 10.5 Å². The SMILES string of the molecule is O=c1[nH]c(CCCN2CCN(c3cccc(Cl)c3)CC2)cc2ccc(F)cc12. The molecule has 6 heteroatoms. The molecule has 1 N–H and O–H groups in total. The number of pyridine rings is 1. The molecule has 1 aromatic heterocycles. The van der Waals surface area contributed by atoms with Gasteiger partial charge in [-0.05, 0) is 61.2 Å². The number of aromatic amines is 1. The van der Waals surface area contributed by atoms with E-state index in [0.717, 1.165) is 61.7 Å². The number of hydrogen-bond acceptors (Lipinski definition) is 3. The van der Waals surface area contributed by atoms with Crippen LogP contribution >= 0.6 is 11.6 Å². The predicted molar refractivity (Wildman–Crippen MR) is 113 cm³/mol. The molecule has 3 aromatic rings. The van der Waals surface area contributed by atoms with Crippen LogP contribution in [0.15, 0.2) is 53.3 Å². The van der Waals surface area contributed by atoms with Gasteiger partial charge in [-0.2, -0.15) is 0 Å². The molecule has 0 atom stereocenters.